The molecule has 7 aliphatic heterocycles. The Morgan fingerprint density at radius 1 is 0.340 bits per heavy atom. The number of nitrogens with one attached hydrogen (secondary N) is 4. The average Bonchev–Trinajstić information content (AvgIpc) is 0.776. The van der Waals surface area contributed by atoms with Crippen LogP contribution in [0.1, 0.15) is 20.8 Å². The number of aliphatic hydroxyl groups excluding tert-OH is 20. The van der Waals surface area contributed by atoms with Crippen LogP contribution >= 0.6 is 0 Å². The van der Waals surface area contributed by atoms with Gasteiger partial charge in [0.2, 0.25) is 24.1 Å². The summed E-state index contributed by atoms with van der Waals surface area (Å²) in [5.41, 5.74) is 0. The topological polar surface area (TPSA) is 650 Å². The Morgan fingerprint density at radius 3 is 1.01 bits per heavy atom. The van der Waals surface area contributed by atoms with Crippen molar-refractivity contribution in [2.45, 2.75) is 242 Å². The molecule has 544 valence electrons. The molecule has 0 unspecified atom stereocenters. The van der Waals surface area contributed by atoms with Crippen LogP contribution in [-0.2, 0) is 85.5 Å². The maximum Gasteiger partial charge on any atom is 0.217 e. The van der Waals surface area contributed by atoms with Crippen molar-refractivity contribution in [3.05, 3.63) is 0 Å². The maximum absolute atomic E-state index is 13.0. The van der Waals surface area contributed by atoms with Gasteiger partial charge in [0.25, 0.3) is 0 Å². The zero-order valence-corrected chi connectivity index (χ0v) is 50.5. The summed E-state index contributed by atoms with van der Waals surface area (Å²) in [6.45, 7) is -5.35. The minimum atomic E-state index is -2.33. The van der Waals surface area contributed by atoms with Crippen molar-refractivity contribution in [3.8, 4) is 0 Å². The molecule has 0 aromatic carbocycles. The van der Waals surface area contributed by atoms with Gasteiger partial charge < -0.3 is 190 Å². The van der Waals surface area contributed by atoms with Gasteiger partial charge in [-0.05, 0) is 0 Å². The third-order valence-electron chi connectivity index (χ3n) is 16.7. The molecule has 42 nitrogen and oxygen atoms in total. The van der Waals surface area contributed by atoms with E-state index >= 15 is 0 Å². The summed E-state index contributed by atoms with van der Waals surface area (Å²) in [6.07, 6.45) is -62.7. The van der Waals surface area contributed by atoms with Crippen molar-refractivity contribution in [3.63, 3.8) is 0 Å². The highest BCUT2D eigenvalue weighted by atomic mass is 16.8. The predicted molar refractivity (Wildman–Crippen MR) is 290 cm³/mol. The van der Waals surface area contributed by atoms with E-state index in [1.807, 2.05) is 0 Å². The van der Waals surface area contributed by atoms with Gasteiger partial charge in [-0.2, -0.15) is 0 Å². The predicted octanol–water partition coefficient (Wildman–Crippen LogP) is -16.7. The molecule has 94 heavy (non-hydrogen) atoms. The standard InChI is InChI=1S/C52H88N4O38/c1-14(66)54-25-33(74)28(69)18(5-58)82-46(25)92-44-31(72)22(9-62)86-52(39(44)80)91-42-27(56-16(3)68)48(83-19(6-59)29(42)70)94-45-32(73)21(8-61)84-50(38(45)79)89-40-23(10-63)87-47(26(34(40)75)55-15(2)67)93-43-30(71)20(7-60)85-51(37(43)78)90-41-24(11-64)88-49(36(77)35(41)76)81-12-17(4-57)53-13-65/h13,17-52,57-64,69-80H,4-12H2,1-3H3,(H,53,65)(H,54,66)(H,55,67)(H,56,68)/t17-,18-,19-,20-,21-,22-,23-,24-,25-,26-,27-,28+,29+,30+,31+,32+,33-,34-,35-,36-,37-,38-,39-,40-,41-,42-,43+,44+,45+,46-,47+,48-,49-,50+,51+,52+/m1/s1. The van der Waals surface area contributed by atoms with Gasteiger partial charge in [-0.15, -0.1) is 0 Å². The largest absolute Gasteiger partial charge is 0.394 e. The monoisotopic (exact) mass is 1380 g/mol. The van der Waals surface area contributed by atoms with Crippen molar-refractivity contribution >= 4 is 24.1 Å². The molecule has 0 bridgehead atoms. The van der Waals surface area contributed by atoms with Gasteiger partial charge >= 0.3 is 0 Å². The fourth-order valence-corrected chi connectivity index (χ4v) is 11.8. The first-order valence-corrected chi connectivity index (χ1v) is 29.8. The molecule has 0 aromatic rings. The first-order valence-electron chi connectivity index (χ1n) is 29.8. The van der Waals surface area contributed by atoms with Crippen LogP contribution in [0.25, 0.3) is 0 Å². The molecule has 7 rings (SSSR count). The highest BCUT2D eigenvalue weighted by Gasteiger charge is 2.60. The number of hydrogen-bond donors (Lipinski definition) is 24. The Kier molecular flexibility index (Phi) is 29.0. The third kappa shape index (κ3) is 17.6. The normalized spacial score (nSPS) is 46.4. The first-order chi connectivity index (χ1) is 44.6. The van der Waals surface area contributed by atoms with E-state index in [1.54, 1.807) is 0 Å². The second kappa shape index (κ2) is 35.0. The molecule has 0 spiro atoms. The van der Waals surface area contributed by atoms with E-state index in [0.29, 0.717) is 0 Å². The minimum Gasteiger partial charge on any atom is -0.394 e. The molecule has 0 aliphatic carbocycles. The lowest BCUT2D eigenvalue weighted by Crippen LogP contribution is -2.71. The Morgan fingerprint density at radius 2 is 0.638 bits per heavy atom. The Hall–Kier alpha value is -3.48. The minimum absolute atomic E-state index is 0.265. The van der Waals surface area contributed by atoms with Crippen molar-refractivity contribution in [2.24, 2.45) is 0 Å². The molecule has 24 N–H and O–H groups in total. The van der Waals surface area contributed by atoms with Crippen LogP contribution in [0.5, 0.6) is 0 Å². The van der Waals surface area contributed by atoms with E-state index in [2.05, 4.69) is 21.3 Å². The van der Waals surface area contributed by atoms with Crippen molar-refractivity contribution in [1.29, 1.82) is 0 Å². The molecule has 36 atom stereocenters. The summed E-state index contributed by atoms with van der Waals surface area (Å²) in [5, 5.41) is 228. The number of hydrogen-bond acceptors (Lipinski definition) is 38. The van der Waals surface area contributed by atoms with Crippen LogP contribution in [0, 0.1) is 0 Å². The SMILES string of the molecule is CC(=O)N[C@H]1[C@H](O[C@H]2[C@@H](O)[C@@H](CO)O[C@@H](O[C@H]3[C@H](O)[C@@H](O)[C@H](OC[C@@H](CO)NC=O)O[C@@H]3CO)[C@@H]2O)O[C@H](CO)[C@@H](O[C@@H]2O[C@H](CO)[C@H](O)[C@H](O[C@H]3O[C@H](CO)[C@H](O)[C@H](O[C@@H]4O[C@H](CO)[C@H](O)[C@H](O[C@H]5O[C@H](CO)[C@H](O)[C@H](O)[C@H]5NC(C)=O)[C@H]4O)[C@H]3NC(C)=O)[C@H]2O)[C@@H]1O. The zero-order chi connectivity index (χ0) is 69.3. The molecule has 7 aliphatic rings. The summed E-state index contributed by atoms with van der Waals surface area (Å²) in [5.74, 6) is -2.61. The summed E-state index contributed by atoms with van der Waals surface area (Å²) in [6, 6.07) is -6.37. The highest BCUT2D eigenvalue weighted by molar-refractivity contribution is 5.74. The molecule has 42 heteroatoms. The van der Waals surface area contributed by atoms with Crippen molar-refractivity contribution < 1.29 is 188 Å². The zero-order valence-electron chi connectivity index (χ0n) is 50.5. The van der Waals surface area contributed by atoms with Crippen LogP contribution in [0.15, 0.2) is 0 Å². The van der Waals surface area contributed by atoms with Gasteiger partial charge in [0.15, 0.2) is 44.0 Å². The van der Waals surface area contributed by atoms with Crippen molar-refractivity contribution in [1.82, 2.24) is 21.3 Å². The van der Waals surface area contributed by atoms with Gasteiger partial charge in [-0.25, -0.2) is 0 Å². The van der Waals surface area contributed by atoms with Gasteiger partial charge in [-0.1, -0.05) is 0 Å². The number of aliphatic hydroxyl groups is 20. The average molecular weight is 1380 g/mol. The molecule has 7 saturated heterocycles. The summed E-state index contributed by atoms with van der Waals surface area (Å²) in [4.78, 5) is 48.9. The van der Waals surface area contributed by atoms with E-state index in [4.69, 9.17) is 66.3 Å². The van der Waals surface area contributed by atoms with Crippen LogP contribution in [0.2, 0.25) is 0 Å². The Balaban J connectivity index is 1.10. The van der Waals surface area contributed by atoms with Crippen LogP contribution < -0.4 is 21.3 Å². The first kappa shape index (κ1) is 77.9. The van der Waals surface area contributed by atoms with E-state index < -0.39 is 298 Å². The van der Waals surface area contributed by atoms with Crippen molar-refractivity contribution in [2.75, 3.05) is 59.5 Å². The van der Waals surface area contributed by atoms with E-state index in [-0.39, 0.29) is 6.41 Å². The van der Waals surface area contributed by atoms with Gasteiger partial charge in [-0.3, -0.25) is 19.2 Å². The van der Waals surface area contributed by atoms with Crippen LogP contribution in [-0.4, -0.2) is 407 Å². The molecule has 0 saturated carbocycles. The number of rotatable bonds is 28. The number of ether oxygens (including phenoxy) is 14. The quantitative estimate of drug-likeness (QED) is 0.0324. The molecule has 4 amide bonds. The molecular formula is C52H88N4O38. The van der Waals surface area contributed by atoms with E-state index in [1.165, 1.54) is 0 Å². The van der Waals surface area contributed by atoms with Gasteiger partial charge in [0, 0.05) is 20.8 Å². The highest BCUT2D eigenvalue weighted by Crippen LogP contribution is 2.38. The van der Waals surface area contributed by atoms with Crippen LogP contribution in [0.3, 0.4) is 0 Å². The van der Waals surface area contributed by atoms with Gasteiger partial charge in [0.05, 0.1) is 65.5 Å². The fraction of sp³-hybridized carbons (Fsp3) is 0.923. The Labute approximate surface area is 533 Å². The number of amides is 4. The lowest BCUT2D eigenvalue weighted by Gasteiger charge is -2.51. The van der Waals surface area contributed by atoms with E-state index in [9.17, 15) is 121 Å². The second-order valence-electron chi connectivity index (χ2n) is 23.2. The molecule has 0 radical (unpaired) electrons. The summed E-state index contributed by atoms with van der Waals surface area (Å²) >= 11 is 0. The van der Waals surface area contributed by atoms with E-state index in [0.717, 1.165) is 20.8 Å². The Bertz CT molecular complexity index is 2370. The lowest BCUT2D eigenvalue weighted by molar-refractivity contribution is -0.388. The second-order valence-corrected chi connectivity index (χ2v) is 23.2. The maximum atomic E-state index is 13.0. The fourth-order valence-electron chi connectivity index (χ4n) is 11.8. The third-order valence-corrected chi connectivity index (χ3v) is 16.7. The molecule has 0 aromatic heterocycles. The molecule has 7 heterocycles. The number of carbonyl (C=O) groups is 4. The molecule has 7 fully saturated rings. The summed E-state index contributed by atoms with van der Waals surface area (Å²) in [7, 11) is 0. The van der Waals surface area contributed by atoms with Crippen LogP contribution in [0.4, 0.5) is 0 Å². The number of carbonyl (C=O) groups excluding carboxylic acids is 4. The smallest absolute Gasteiger partial charge is 0.217 e. The lowest BCUT2D eigenvalue weighted by atomic mass is 9.93. The van der Waals surface area contributed by atoms with Gasteiger partial charge in [0.1, 0.15) is 171 Å². The molecular weight excluding hydrogens is 1290 g/mol. The summed E-state index contributed by atoms with van der Waals surface area (Å²) < 4.78 is 81.2.